The van der Waals surface area contributed by atoms with Crippen LogP contribution in [0.15, 0.2) is 42.5 Å². The van der Waals surface area contributed by atoms with Crippen molar-refractivity contribution in [1.29, 1.82) is 0 Å². The molecule has 0 heterocycles. The van der Waals surface area contributed by atoms with Gasteiger partial charge in [0.15, 0.2) is 0 Å². The molecule has 0 aliphatic heterocycles. The summed E-state index contributed by atoms with van der Waals surface area (Å²) in [4.78, 5) is 1.69. The molecule has 0 radical (unpaired) electrons. The standard InChI is InChI=1S/C15H15F3N2/c1-20(12-4-2-3-10(16)7-12)9-15(19)13-8-11(17)5-6-14(13)18/h2-8,15H,9,19H2,1H3. The fourth-order valence-electron chi connectivity index (χ4n) is 2.01. The van der Waals surface area contributed by atoms with E-state index < -0.39 is 17.7 Å². The van der Waals surface area contributed by atoms with Crippen molar-refractivity contribution in [2.75, 3.05) is 18.5 Å². The number of anilines is 1. The van der Waals surface area contributed by atoms with E-state index in [0.717, 1.165) is 18.2 Å². The molecule has 0 aliphatic rings. The molecule has 0 saturated heterocycles. The van der Waals surface area contributed by atoms with Crippen LogP contribution < -0.4 is 10.6 Å². The molecule has 1 unspecified atom stereocenters. The van der Waals surface area contributed by atoms with Crippen LogP contribution in [0.5, 0.6) is 0 Å². The Morgan fingerprint density at radius 1 is 1.05 bits per heavy atom. The van der Waals surface area contributed by atoms with Crippen molar-refractivity contribution in [3.8, 4) is 0 Å². The van der Waals surface area contributed by atoms with Crippen molar-refractivity contribution in [3.63, 3.8) is 0 Å². The Morgan fingerprint density at radius 3 is 2.45 bits per heavy atom. The topological polar surface area (TPSA) is 29.3 Å². The van der Waals surface area contributed by atoms with Crippen LogP contribution in [0.2, 0.25) is 0 Å². The number of benzene rings is 2. The fraction of sp³-hybridized carbons (Fsp3) is 0.200. The predicted octanol–water partition coefficient (Wildman–Crippen LogP) is 3.24. The first-order chi connectivity index (χ1) is 9.47. The quantitative estimate of drug-likeness (QED) is 0.931. The number of nitrogens with zero attached hydrogens (tertiary/aromatic N) is 1. The lowest BCUT2D eigenvalue weighted by molar-refractivity contribution is 0.560. The monoisotopic (exact) mass is 280 g/mol. The molecule has 0 aliphatic carbocycles. The highest BCUT2D eigenvalue weighted by atomic mass is 19.1. The molecule has 2 aromatic rings. The van der Waals surface area contributed by atoms with Gasteiger partial charge in [-0.2, -0.15) is 0 Å². The predicted molar refractivity (Wildman–Crippen MR) is 73.0 cm³/mol. The Morgan fingerprint density at radius 2 is 1.75 bits per heavy atom. The lowest BCUT2D eigenvalue weighted by Gasteiger charge is -2.24. The first-order valence-electron chi connectivity index (χ1n) is 6.14. The minimum Gasteiger partial charge on any atom is -0.373 e. The Kier molecular flexibility index (Phi) is 4.29. The van der Waals surface area contributed by atoms with Crippen molar-refractivity contribution in [3.05, 3.63) is 65.5 Å². The van der Waals surface area contributed by atoms with Crippen LogP contribution in [-0.2, 0) is 0 Å². The van der Waals surface area contributed by atoms with E-state index in [9.17, 15) is 13.2 Å². The molecule has 0 fully saturated rings. The maximum Gasteiger partial charge on any atom is 0.128 e. The van der Waals surface area contributed by atoms with Crippen LogP contribution >= 0.6 is 0 Å². The second kappa shape index (κ2) is 5.96. The van der Waals surface area contributed by atoms with Gasteiger partial charge in [0.2, 0.25) is 0 Å². The second-order valence-electron chi connectivity index (χ2n) is 4.63. The molecular weight excluding hydrogens is 265 g/mol. The summed E-state index contributed by atoms with van der Waals surface area (Å²) in [5.74, 6) is -1.45. The van der Waals surface area contributed by atoms with Gasteiger partial charge < -0.3 is 10.6 Å². The van der Waals surface area contributed by atoms with Crippen LogP contribution in [-0.4, -0.2) is 13.6 Å². The SMILES string of the molecule is CN(CC(N)c1cc(F)ccc1F)c1cccc(F)c1. The molecule has 0 aromatic heterocycles. The fourth-order valence-corrected chi connectivity index (χ4v) is 2.01. The maximum atomic E-state index is 13.6. The van der Waals surface area contributed by atoms with Gasteiger partial charge in [0.1, 0.15) is 17.5 Å². The summed E-state index contributed by atoms with van der Waals surface area (Å²) in [6.45, 7) is 0.240. The summed E-state index contributed by atoms with van der Waals surface area (Å²) in [5, 5.41) is 0. The van der Waals surface area contributed by atoms with Gasteiger partial charge >= 0.3 is 0 Å². The molecule has 2 N–H and O–H groups in total. The van der Waals surface area contributed by atoms with Crippen LogP contribution in [0.4, 0.5) is 18.9 Å². The lowest BCUT2D eigenvalue weighted by Crippen LogP contribution is -2.29. The third-order valence-corrected chi connectivity index (χ3v) is 3.08. The molecule has 2 rings (SSSR count). The minimum atomic E-state index is -0.709. The van der Waals surface area contributed by atoms with Crippen molar-refractivity contribution in [1.82, 2.24) is 0 Å². The van der Waals surface area contributed by atoms with Gasteiger partial charge in [0, 0.05) is 24.8 Å². The highest BCUT2D eigenvalue weighted by Crippen LogP contribution is 2.20. The van der Waals surface area contributed by atoms with E-state index in [1.807, 2.05) is 0 Å². The molecule has 0 amide bonds. The maximum absolute atomic E-state index is 13.6. The number of halogens is 3. The molecule has 2 nitrogen and oxygen atoms in total. The van der Waals surface area contributed by atoms with Gasteiger partial charge in [0.05, 0.1) is 6.04 Å². The summed E-state index contributed by atoms with van der Waals surface area (Å²) in [7, 11) is 1.71. The molecular formula is C15H15F3N2. The van der Waals surface area contributed by atoms with Gasteiger partial charge in [-0.05, 0) is 36.4 Å². The average Bonchev–Trinajstić information content (AvgIpc) is 2.41. The summed E-state index contributed by atoms with van der Waals surface area (Å²) in [6.07, 6.45) is 0. The number of nitrogens with two attached hydrogens (primary N) is 1. The third-order valence-electron chi connectivity index (χ3n) is 3.08. The Labute approximate surface area is 115 Å². The van der Waals surface area contributed by atoms with Gasteiger partial charge in [-0.1, -0.05) is 6.07 Å². The number of rotatable bonds is 4. The summed E-state index contributed by atoms with van der Waals surface area (Å²) >= 11 is 0. The zero-order valence-electron chi connectivity index (χ0n) is 11.0. The van der Waals surface area contributed by atoms with E-state index in [-0.39, 0.29) is 17.9 Å². The third kappa shape index (κ3) is 3.30. The molecule has 5 heteroatoms. The molecule has 0 bridgehead atoms. The van der Waals surface area contributed by atoms with E-state index in [0.29, 0.717) is 5.69 Å². The summed E-state index contributed by atoms with van der Waals surface area (Å²) in [5.41, 5.74) is 6.63. The minimum absolute atomic E-state index is 0.105. The van der Waals surface area contributed by atoms with E-state index >= 15 is 0 Å². The Hall–Kier alpha value is -2.01. The van der Waals surface area contributed by atoms with Gasteiger partial charge in [-0.3, -0.25) is 0 Å². The summed E-state index contributed by atoms with van der Waals surface area (Å²) < 4.78 is 39.9. The van der Waals surface area contributed by atoms with Crippen molar-refractivity contribution in [2.45, 2.75) is 6.04 Å². The largest absolute Gasteiger partial charge is 0.373 e. The first-order valence-corrected chi connectivity index (χ1v) is 6.14. The van der Waals surface area contributed by atoms with Gasteiger partial charge in [0.25, 0.3) is 0 Å². The smallest absolute Gasteiger partial charge is 0.128 e. The van der Waals surface area contributed by atoms with Crippen molar-refractivity contribution >= 4 is 5.69 Å². The zero-order valence-corrected chi connectivity index (χ0v) is 11.0. The highest BCUT2D eigenvalue weighted by molar-refractivity contribution is 5.46. The number of likely N-dealkylation sites (N-methyl/N-ethyl adjacent to an activating group) is 1. The van der Waals surface area contributed by atoms with Crippen LogP contribution in [0.1, 0.15) is 11.6 Å². The summed E-state index contributed by atoms with van der Waals surface area (Å²) in [6, 6.07) is 8.46. The van der Waals surface area contributed by atoms with Gasteiger partial charge in [-0.25, -0.2) is 13.2 Å². The highest BCUT2D eigenvalue weighted by Gasteiger charge is 2.15. The molecule has 0 spiro atoms. The average molecular weight is 280 g/mol. The lowest BCUT2D eigenvalue weighted by atomic mass is 10.1. The van der Waals surface area contributed by atoms with E-state index in [1.165, 1.54) is 12.1 Å². The molecule has 20 heavy (non-hydrogen) atoms. The normalized spacial score (nSPS) is 12.2. The molecule has 2 aromatic carbocycles. The van der Waals surface area contributed by atoms with Crippen LogP contribution in [0.3, 0.4) is 0 Å². The molecule has 106 valence electrons. The van der Waals surface area contributed by atoms with Crippen molar-refractivity contribution in [2.24, 2.45) is 5.73 Å². The van der Waals surface area contributed by atoms with E-state index in [1.54, 1.807) is 24.1 Å². The van der Waals surface area contributed by atoms with E-state index in [4.69, 9.17) is 5.73 Å². The number of hydrogen-bond acceptors (Lipinski definition) is 2. The second-order valence-corrected chi connectivity index (χ2v) is 4.63. The Bertz CT molecular complexity index is 601. The zero-order chi connectivity index (χ0) is 14.7. The molecule has 1 atom stereocenters. The van der Waals surface area contributed by atoms with Crippen LogP contribution in [0, 0.1) is 17.5 Å². The number of hydrogen-bond donors (Lipinski definition) is 1. The van der Waals surface area contributed by atoms with Crippen LogP contribution in [0.25, 0.3) is 0 Å². The van der Waals surface area contributed by atoms with Gasteiger partial charge in [-0.15, -0.1) is 0 Å². The van der Waals surface area contributed by atoms with E-state index in [2.05, 4.69) is 0 Å². The first kappa shape index (κ1) is 14.4. The Balaban J connectivity index is 2.15. The molecule has 0 saturated carbocycles. The van der Waals surface area contributed by atoms with Crippen molar-refractivity contribution < 1.29 is 13.2 Å².